The van der Waals surface area contributed by atoms with Crippen molar-refractivity contribution in [1.29, 1.82) is 0 Å². The Morgan fingerprint density at radius 3 is 2.52 bits per heavy atom. The van der Waals surface area contributed by atoms with Crippen LogP contribution in [0.4, 0.5) is 0 Å². The van der Waals surface area contributed by atoms with E-state index in [1.54, 1.807) is 0 Å². The highest BCUT2D eigenvalue weighted by molar-refractivity contribution is 9.11. The Bertz CT molecular complexity index is 996. The van der Waals surface area contributed by atoms with Crippen LogP contribution in [0.15, 0.2) is 57.5 Å². The van der Waals surface area contributed by atoms with Gasteiger partial charge in [-0.25, -0.2) is 4.79 Å². The second-order valence-corrected chi connectivity index (χ2v) is 8.30. The van der Waals surface area contributed by atoms with Crippen molar-refractivity contribution in [3.8, 4) is 11.5 Å². The van der Waals surface area contributed by atoms with Crippen LogP contribution < -0.4 is 9.47 Å². The minimum Gasteiger partial charge on any atom is -0.481 e. The van der Waals surface area contributed by atoms with Gasteiger partial charge in [-0.05, 0) is 68.9 Å². The van der Waals surface area contributed by atoms with Crippen LogP contribution in [0.25, 0.3) is 10.8 Å². The molecule has 0 aromatic heterocycles. The van der Waals surface area contributed by atoms with Gasteiger partial charge in [-0.2, -0.15) is 0 Å². The third-order valence-corrected chi connectivity index (χ3v) is 5.98. The van der Waals surface area contributed by atoms with E-state index in [-0.39, 0.29) is 12.5 Å². The maximum absolute atomic E-state index is 12.4. The lowest BCUT2D eigenvalue weighted by atomic mass is 10.0. The highest BCUT2D eigenvalue weighted by atomic mass is 79.9. The summed E-state index contributed by atoms with van der Waals surface area (Å²) in [7, 11) is 0. The molecule has 140 valence electrons. The van der Waals surface area contributed by atoms with Crippen LogP contribution in [-0.2, 0) is 4.79 Å². The maximum Gasteiger partial charge on any atom is 0.349 e. The van der Waals surface area contributed by atoms with Crippen molar-refractivity contribution < 1.29 is 14.3 Å². The number of ether oxygens (including phenoxy) is 2. The first kappa shape index (κ1) is 19.9. The molecular weight excluding hydrogens is 472 g/mol. The number of rotatable bonds is 5. The van der Waals surface area contributed by atoms with Crippen molar-refractivity contribution in [2.24, 2.45) is 0 Å². The van der Waals surface area contributed by atoms with Crippen LogP contribution in [0.5, 0.6) is 11.5 Å². The summed E-state index contributed by atoms with van der Waals surface area (Å²) in [5.41, 5.74) is 1.99. The van der Waals surface area contributed by atoms with Gasteiger partial charge in [-0.1, -0.05) is 60.1 Å². The van der Waals surface area contributed by atoms with Gasteiger partial charge >= 0.3 is 5.97 Å². The summed E-state index contributed by atoms with van der Waals surface area (Å²) in [6.45, 7) is 5.94. The first-order chi connectivity index (χ1) is 12.9. The van der Waals surface area contributed by atoms with Crippen molar-refractivity contribution in [1.82, 2.24) is 0 Å². The fraction of sp³-hybridized carbons (Fsp3) is 0.227. The summed E-state index contributed by atoms with van der Waals surface area (Å²) in [4.78, 5) is 12.4. The molecule has 0 aliphatic heterocycles. The Kier molecular flexibility index (Phi) is 6.22. The summed E-state index contributed by atoms with van der Waals surface area (Å²) in [6.07, 6.45) is 0. The molecular formula is C22H20Br2O3. The molecule has 0 saturated heterocycles. The van der Waals surface area contributed by atoms with Gasteiger partial charge in [-0.3, -0.25) is 0 Å². The largest absolute Gasteiger partial charge is 0.481 e. The number of hydrogen-bond acceptors (Lipinski definition) is 3. The van der Waals surface area contributed by atoms with E-state index >= 15 is 0 Å². The SMILES string of the molecule is Cc1cc(OC(=O)COc2ccc3ccccc3c2Br)c(C(C)C)cc1Br. The number of carbonyl (C=O) groups excluding carboxylic acids is 1. The number of halogens is 2. The molecule has 0 aliphatic rings. The van der Waals surface area contributed by atoms with E-state index in [9.17, 15) is 4.79 Å². The zero-order valence-electron chi connectivity index (χ0n) is 15.4. The highest BCUT2D eigenvalue weighted by Gasteiger charge is 2.15. The quantitative estimate of drug-likeness (QED) is 0.291. The Morgan fingerprint density at radius 2 is 1.78 bits per heavy atom. The van der Waals surface area contributed by atoms with Crippen LogP contribution in [0, 0.1) is 6.92 Å². The molecule has 0 spiro atoms. The Hall–Kier alpha value is -1.85. The molecule has 5 heteroatoms. The van der Waals surface area contributed by atoms with E-state index in [1.807, 2.05) is 55.5 Å². The maximum atomic E-state index is 12.4. The zero-order chi connectivity index (χ0) is 19.6. The van der Waals surface area contributed by atoms with E-state index in [4.69, 9.17) is 9.47 Å². The zero-order valence-corrected chi connectivity index (χ0v) is 18.6. The van der Waals surface area contributed by atoms with E-state index < -0.39 is 5.97 Å². The summed E-state index contributed by atoms with van der Waals surface area (Å²) >= 11 is 7.10. The molecule has 0 atom stereocenters. The molecule has 0 radical (unpaired) electrons. The third kappa shape index (κ3) is 4.53. The number of fused-ring (bicyclic) bond motifs is 1. The van der Waals surface area contributed by atoms with Crippen LogP contribution in [0.1, 0.15) is 30.9 Å². The average Bonchev–Trinajstić information content (AvgIpc) is 2.64. The number of aryl methyl sites for hydroxylation is 1. The van der Waals surface area contributed by atoms with Crippen LogP contribution in [0.3, 0.4) is 0 Å². The molecule has 27 heavy (non-hydrogen) atoms. The summed E-state index contributed by atoms with van der Waals surface area (Å²) in [5, 5.41) is 2.14. The van der Waals surface area contributed by atoms with Crippen molar-refractivity contribution >= 4 is 48.6 Å². The molecule has 0 heterocycles. The van der Waals surface area contributed by atoms with E-state index in [1.165, 1.54) is 0 Å². The number of carbonyl (C=O) groups is 1. The second-order valence-electron chi connectivity index (χ2n) is 6.66. The van der Waals surface area contributed by atoms with Gasteiger partial charge in [0, 0.05) is 4.47 Å². The average molecular weight is 492 g/mol. The Morgan fingerprint density at radius 1 is 1.04 bits per heavy atom. The van der Waals surface area contributed by atoms with Gasteiger partial charge in [0.25, 0.3) is 0 Å². The third-order valence-electron chi connectivity index (χ3n) is 4.31. The molecule has 3 nitrogen and oxygen atoms in total. The number of esters is 1. The van der Waals surface area contributed by atoms with Crippen molar-refractivity contribution in [3.63, 3.8) is 0 Å². The molecule has 0 N–H and O–H groups in total. The molecule has 0 aliphatic carbocycles. The number of benzene rings is 3. The van der Waals surface area contributed by atoms with Gasteiger partial charge in [-0.15, -0.1) is 0 Å². The van der Waals surface area contributed by atoms with Crippen molar-refractivity contribution in [2.75, 3.05) is 6.61 Å². The van der Waals surface area contributed by atoms with Crippen LogP contribution >= 0.6 is 31.9 Å². The van der Waals surface area contributed by atoms with Gasteiger partial charge in [0.2, 0.25) is 0 Å². The predicted octanol–water partition coefficient (Wildman–Crippen LogP) is 6.78. The molecule has 0 fully saturated rings. The highest BCUT2D eigenvalue weighted by Crippen LogP contribution is 2.34. The fourth-order valence-corrected chi connectivity index (χ4v) is 3.79. The molecule has 3 aromatic carbocycles. The van der Waals surface area contributed by atoms with Crippen molar-refractivity contribution in [2.45, 2.75) is 26.7 Å². The van der Waals surface area contributed by atoms with Crippen LogP contribution in [0.2, 0.25) is 0 Å². The fourth-order valence-electron chi connectivity index (χ4n) is 2.82. The lowest BCUT2D eigenvalue weighted by molar-refractivity contribution is -0.136. The molecule has 0 amide bonds. The molecule has 0 saturated carbocycles. The monoisotopic (exact) mass is 490 g/mol. The van der Waals surface area contributed by atoms with Crippen molar-refractivity contribution in [3.05, 3.63) is 68.6 Å². The van der Waals surface area contributed by atoms with Gasteiger partial charge in [0.05, 0.1) is 4.47 Å². The molecule has 0 bridgehead atoms. The normalized spacial score (nSPS) is 11.0. The standard InChI is InChI=1S/C22H20Br2O3/c1-13(2)17-11-18(23)14(3)10-20(17)27-21(25)12-26-19-9-8-15-6-4-5-7-16(15)22(19)24/h4-11,13H,12H2,1-3H3. The first-order valence-corrected chi connectivity index (χ1v) is 10.3. The molecule has 0 unspecified atom stereocenters. The Labute approximate surface area is 175 Å². The van der Waals surface area contributed by atoms with E-state index in [2.05, 4.69) is 45.7 Å². The smallest absolute Gasteiger partial charge is 0.349 e. The molecule has 3 aromatic rings. The van der Waals surface area contributed by atoms with Gasteiger partial charge in [0.1, 0.15) is 11.5 Å². The van der Waals surface area contributed by atoms with Gasteiger partial charge < -0.3 is 9.47 Å². The first-order valence-electron chi connectivity index (χ1n) is 8.67. The van der Waals surface area contributed by atoms with E-state index in [0.29, 0.717) is 11.5 Å². The summed E-state index contributed by atoms with van der Waals surface area (Å²) in [5.74, 6) is 0.998. The topological polar surface area (TPSA) is 35.5 Å². The predicted molar refractivity (Wildman–Crippen MR) is 116 cm³/mol. The van der Waals surface area contributed by atoms with Crippen LogP contribution in [-0.4, -0.2) is 12.6 Å². The minimum absolute atomic E-state index is 0.163. The minimum atomic E-state index is -0.432. The van der Waals surface area contributed by atoms with Gasteiger partial charge in [0.15, 0.2) is 6.61 Å². The van der Waals surface area contributed by atoms with E-state index in [0.717, 1.165) is 30.8 Å². The lowest BCUT2D eigenvalue weighted by Gasteiger charge is -2.15. The summed E-state index contributed by atoms with van der Waals surface area (Å²) < 4.78 is 13.1. The second kappa shape index (κ2) is 8.44. The Balaban J connectivity index is 1.74. The lowest BCUT2D eigenvalue weighted by Crippen LogP contribution is -2.18. The number of hydrogen-bond donors (Lipinski definition) is 0. The molecule has 3 rings (SSSR count). The summed E-state index contributed by atoms with van der Waals surface area (Å²) in [6, 6.07) is 15.7.